The molecule has 0 aliphatic heterocycles. The summed E-state index contributed by atoms with van der Waals surface area (Å²) in [6, 6.07) is 18.4. The van der Waals surface area contributed by atoms with Crippen molar-refractivity contribution in [2.75, 3.05) is 0 Å². The summed E-state index contributed by atoms with van der Waals surface area (Å²) in [6.07, 6.45) is 1.97. The molecule has 4 nitrogen and oxygen atoms in total. The van der Waals surface area contributed by atoms with Gasteiger partial charge in [0, 0.05) is 11.8 Å². The smallest absolute Gasteiger partial charge is 0.187 e. The van der Waals surface area contributed by atoms with Crippen LogP contribution in [0.25, 0.3) is 16.9 Å². The summed E-state index contributed by atoms with van der Waals surface area (Å²) in [4.78, 5) is 4.81. The van der Waals surface area contributed by atoms with Crippen LogP contribution in [0.1, 0.15) is 22.3 Å². The number of nitrogens with zero attached hydrogens (tertiary/aromatic N) is 4. The molecule has 0 spiro atoms. The number of imidazole rings is 1. The number of fused-ring (bicyclic) bond motifs is 1. The summed E-state index contributed by atoms with van der Waals surface area (Å²) in [6.45, 7) is 8.41. The van der Waals surface area contributed by atoms with Crippen molar-refractivity contribution in [2.45, 2.75) is 27.7 Å². The number of aryl methyl sites for hydroxylation is 4. The molecule has 0 saturated heterocycles. The zero-order valence-electron chi connectivity index (χ0n) is 16.1. The van der Waals surface area contributed by atoms with Gasteiger partial charge in [0.05, 0.1) is 5.69 Å². The highest BCUT2D eigenvalue weighted by molar-refractivity contribution is 5.75. The van der Waals surface area contributed by atoms with E-state index in [1.807, 2.05) is 34.9 Å². The van der Waals surface area contributed by atoms with Crippen molar-refractivity contribution >= 4 is 17.2 Å². The highest BCUT2D eigenvalue weighted by Crippen LogP contribution is 2.33. The third-order valence-electron chi connectivity index (χ3n) is 5.04. The molecule has 134 valence electrons. The first-order valence-electron chi connectivity index (χ1n) is 9.06. The van der Waals surface area contributed by atoms with E-state index in [2.05, 4.69) is 68.3 Å². The molecule has 0 amide bonds. The Morgan fingerprint density at radius 2 is 1.48 bits per heavy atom. The van der Waals surface area contributed by atoms with Gasteiger partial charge >= 0.3 is 0 Å². The van der Waals surface area contributed by atoms with E-state index in [1.54, 1.807) is 0 Å². The maximum Gasteiger partial charge on any atom is 0.187 e. The van der Waals surface area contributed by atoms with Crippen molar-refractivity contribution in [3.05, 3.63) is 83.0 Å². The van der Waals surface area contributed by atoms with Gasteiger partial charge in [-0.25, -0.2) is 4.98 Å². The van der Waals surface area contributed by atoms with Crippen molar-refractivity contribution in [1.82, 2.24) is 9.38 Å². The normalized spacial score (nSPS) is 11.6. The summed E-state index contributed by atoms with van der Waals surface area (Å²) < 4.78 is 1.98. The standard InChI is InChI=1S/C23H22N4/c1-15-8-10-19(13-17(15)3)22-23(27-12-6-5-7-21(27)24-22)26-25-20-11-9-16(2)18(4)14-20/h5-14H,1-4H3. The van der Waals surface area contributed by atoms with E-state index in [-0.39, 0.29) is 0 Å². The SMILES string of the molecule is Cc1ccc(N=Nc2c(-c3ccc(C)c(C)c3)nc3ccccn23)cc1C. The number of aromatic nitrogens is 2. The minimum absolute atomic E-state index is 0.743. The van der Waals surface area contributed by atoms with Gasteiger partial charge in [-0.2, -0.15) is 0 Å². The minimum Gasteiger partial charge on any atom is -0.283 e. The van der Waals surface area contributed by atoms with Crippen LogP contribution in [0, 0.1) is 27.7 Å². The van der Waals surface area contributed by atoms with Crippen LogP contribution in [0.2, 0.25) is 0 Å². The average Bonchev–Trinajstić information content (AvgIpc) is 3.03. The van der Waals surface area contributed by atoms with E-state index in [9.17, 15) is 0 Å². The monoisotopic (exact) mass is 354 g/mol. The first kappa shape index (κ1) is 17.2. The molecule has 4 rings (SSSR count). The summed E-state index contributed by atoms with van der Waals surface area (Å²) in [5.74, 6) is 0.743. The number of rotatable bonds is 3. The second-order valence-corrected chi connectivity index (χ2v) is 6.98. The molecule has 2 aromatic carbocycles. The summed E-state index contributed by atoms with van der Waals surface area (Å²) in [7, 11) is 0. The number of hydrogen-bond donors (Lipinski definition) is 0. The number of hydrogen-bond acceptors (Lipinski definition) is 3. The predicted molar refractivity (Wildman–Crippen MR) is 110 cm³/mol. The largest absolute Gasteiger partial charge is 0.283 e. The lowest BCUT2D eigenvalue weighted by molar-refractivity contribution is 1.10. The molecule has 0 radical (unpaired) electrons. The lowest BCUT2D eigenvalue weighted by atomic mass is 10.0. The van der Waals surface area contributed by atoms with E-state index in [1.165, 1.54) is 22.3 Å². The summed E-state index contributed by atoms with van der Waals surface area (Å²) in [5, 5.41) is 9.08. The van der Waals surface area contributed by atoms with Gasteiger partial charge < -0.3 is 0 Å². The van der Waals surface area contributed by atoms with Gasteiger partial charge in [-0.1, -0.05) is 24.3 Å². The fraction of sp³-hybridized carbons (Fsp3) is 0.174. The number of azo groups is 1. The van der Waals surface area contributed by atoms with E-state index in [4.69, 9.17) is 4.98 Å². The van der Waals surface area contributed by atoms with Crippen LogP contribution in [0.3, 0.4) is 0 Å². The van der Waals surface area contributed by atoms with Crippen LogP contribution < -0.4 is 0 Å². The Morgan fingerprint density at radius 3 is 2.22 bits per heavy atom. The van der Waals surface area contributed by atoms with Gasteiger partial charge in [0.25, 0.3) is 0 Å². The average molecular weight is 354 g/mol. The molecule has 2 aromatic heterocycles. The fourth-order valence-corrected chi connectivity index (χ4v) is 3.05. The van der Waals surface area contributed by atoms with E-state index in [0.29, 0.717) is 0 Å². The Balaban J connectivity index is 1.86. The van der Waals surface area contributed by atoms with Crippen molar-refractivity contribution in [3.8, 4) is 11.3 Å². The van der Waals surface area contributed by atoms with Gasteiger partial charge in [0.15, 0.2) is 5.82 Å². The molecule has 0 unspecified atom stereocenters. The summed E-state index contributed by atoms with van der Waals surface area (Å²) in [5.41, 5.74) is 8.56. The van der Waals surface area contributed by atoms with Gasteiger partial charge in [0.1, 0.15) is 11.3 Å². The van der Waals surface area contributed by atoms with Crippen LogP contribution in [-0.4, -0.2) is 9.38 Å². The molecular weight excluding hydrogens is 332 g/mol. The first-order chi connectivity index (χ1) is 13.0. The lowest BCUT2D eigenvalue weighted by Gasteiger charge is -2.04. The molecule has 0 aliphatic carbocycles. The topological polar surface area (TPSA) is 42.0 Å². The predicted octanol–water partition coefficient (Wildman–Crippen LogP) is 6.65. The molecule has 4 aromatic rings. The van der Waals surface area contributed by atoms with Crippen molar-refractivity contribution in [1.29, 1.82) is 0 Å². The van der Waals surface area contributed by atoms with Gasteiger partial charge in [-0.15, -0.1) is 10.2 Å². The second-order valence-electron chi connectivity index (χ2n) is 6.98. The van der Waals surface area contributed by atoms with E-state index >= 15 is 0 Å². The zero-order valence-corrected chi connectivity index (χ0v) is 16.1. The molecule has 0 aliphatic rings. The first-order valence-corrected chi connectivity index (χ1v) is 9.06. The quantitative estimate of drug-likeness (QED) is 0.380. The van der Waals surface area contributed by atoms with E-state index < -0.39 is 0 Å². The van der Waals surface area contributed by atoms with E-state index in [0.717, 1.165) is 28.4 Å². The van der Waals surface area contributed by atoms with Crippen LogP contribution in [-0.2, 0) is 0 Å². The Kier molecular flexibility index (Phi) is 4.32. The van der Waals surface area contributed by atoms with Crippen LogP contribution in [0.4, 0.5) is 11.5 Å². The van der Waals surface area contributed by atoms with Crippen LogP contribution in [0.5, 0.6) is 0 Å². The Hall–Kier alpha value is -3.27. The number of benzene rings is 2. The molecule has 0 bridgehead atoms. The molecule has 4 heteroatoms. The highest BCUT2D eigenvalue weighted by Gasteiger charge is 2.14. The van der Waals surface area contributed by atoms with Crippen LogP contribution >= 0.6 is 0 Å². The third-order valence-corrected chi connectivity index (χ3v) is 5.04. The second kappa shape index (κ2) is 6.80. The lowest BCUT2D eigenvalue weighted by Crippen LogP contribution is -1.85. The molecular formula is C23H22N4. The molecule has 2 heterocycles. The van der Waals surface area contributed by atoms with Gasteiger partial charge in [-0.3, -0.25) is 4.40 Å². The Morgan fingerprint density at radius 1 is 0.741 bits per heavy atom. The third kappa shape index (κ3) is 3.26. The van der Waals surface area contributed by atoms with Crippen molar-refractivity contribution in [3.63, 3.8) is 0 Å². The van der Waals surface area contributed by atoms with Crippen LogP contribution in [0.15, 0.2) is 71.0 Å². The van der Waals surface area contributed by atoms with Gasteiger partial charge in [-0.05, 0) is 80.3 Å². The zero-order chi connectivity index (χ0) is 19.0. The molecule has 0 atom stereocenters. The van der Waals surface area contributed by atoms with Gasteiger partial charge in [0.2, 0.25) is 0 Å². The Bertz CT molecular complexity index is 1170. The Labute approximate surface area is 159 Å². The molecule has 0 saturated carbocycles. The maximum absolute atomic E-state index is 4.81. The molecule has 0 N–H and O–H groups in total. The number of pyridine rings is 1. The van der Waals surface area contributed by atoms with Crippen molar-refractivity contribution in [2.24, 2.45) is 10.2 Å². The fourth-order valence-electron chi connectivity index (χ4n) is 3.05. The molecule has 0 fully saturated rings. The molecule has 27 heavy (non-hydrogen) atoms. The highest BCUT2D eigenvalue weighted by atomic mass is 15.2. The minimum atomic E-state index is 0.743. The van der Waals surface area contributed by atoms with Crippen molar-refractivity contribution < 1.29 is 0 Å². The maximum atomic E-state index is 4.81. The summed E-state index contributed by atoms with van der Waals surface area (Å²) >= 11 is 0.